The second-order valence-corrected chi connectivity index (χ2v) is 7.34. The van der Waals surface area contributed by atoms with Crippen molar-refractivity contribution in [3.63, 3.8) is 0 Å². The topological polar surface area (TPSA) is 108 Å². The van der Waals surface area contributed by atoms with Crippen molar-refractivity contribution >= 4 is 35.1 Å². The van der Waals surface area contributed by atoms with E-state index >= 15 is 0 Å². The third-order valence-electron chi connectivity index (χ3n) is 3.37. The molecule has 1 amide bonds. The summed E-state index contributed by atoms with van der Waals surface area (Å²) in [5, 5.41) is 19.8. The van der Waals surface area contributed by atoms with Crippen molar-refractivity contribution in [1.82, 2.24) is 25.0 Å². The lowest BCUT2D eigenvalue weighted by Crippen LogP contribution is -2.13. The van der Waals surface area contributed by atoms with Gasteiger partial charge in [0.2, 0.25) is 11.8 Å². The van der Waals surface area contributed by atoms with E-state index in [2.05, 4.69) is 25.7 Å². The number of hydrogen-bond donors (Lipinski definition) is 1. The van der Waals surface area contributed by atoms with Gasteiger partial charge in [-0.3, -0.25) is 4.79 Å². The largest absolute Gasteiger partial charge is 0.497 e. The van der Waals surface area contributed by atoms with E-state index in [1.807, 2.05) is 11.6 Å². The number of benzene rings is 1. The normalized spacial score (nSPS) is 10.7. The minimum absolute atomic E-state index is 0.150. The average Bonchev–Trinajstić information content (AvgIpc) is 3.30. The van der Waals surface area contributed by atoms with Gasteiger partial charge in [-0.05, 0) is 24.3 Å². The van der Waals surface area contributed by atoms with Crippen LogP contribution in [-0.4, -0.2) is 49.5 Å². The first kappa shape index (κ1) is 19.2. The third-order valence-corrected chi connectivity index (χ3v) is 5.22. The van der Waals surface area contributed by atoms with Gasteiger partial charge in [-0.25, -0.2) is 0 Å². The van der Waals surface area contributed by atoms with E-state index in [1.165, 1.54) is 11.8 Å². The molecule has 0 fully saturated rings. The summed E-state index contributed by atoms with van der Waals surface area (Å²) in [5.74, 6) is 2.04. The Balaban J connectivity index is 1.40. The Hall–Kier alpha value is -2.53. The molecule has 0 radical (unpaired) electrons. The van der Waals surface area contributed by atoms with Gasteiger partial charge in [0.15, 0.2) is 5.16 Å². The number of methoxy groups -OCH3 is 1. The number of ether oxygens (including phenoxy) is 1. The van der Waals surface area contributed by atoms with E-state index in [9.17, 15) is 4.79 Å². The Morgan fingerprint density at radius 1 is 1.22 bits per heavy atom. The Labute approximate surface area is 164 Å². The van der Waals surface area contributed by atoms with Crippen molar-refractivity contribution in [2.45, 2.75) is 16.8 Å². The molecule has 0 bridgehead atoms. The number of nitrogens with one attached hydrogen (secondary N) is 1. The van der Waals surface area contributed by atoms with Crippen molar-refractivity contribution in [3.8, 4) is 5.75 Å². The molecule has 0 saturated carbocycles. The van der Waals surface area contributed by atoms with Crippen LogP contribution in [0.1, 0.15) is 5.89 Å². The highest BCUT2D eigenvalue weighted by atomic mass is 32.2. The number of carbonyl (C=O) groups excluding carboxylic acids is 1. The van der Waals surface area contributed by atoms with Gasteiger partial charge in [0.25, 0.3) is 5.22 Å². The quantitative estimate of drug-likeness (QED) is 0.535. The number of amides is 1. The number of nitrogens with zero attached hydrogens (tertiary/aromatic N) is 5. The summed E-state index contributed by atoms with van der Waals surface area (Å²) in [6.45, 7) is 0. The van der Waals surface area contributed by atoms with E-state index in [0.29, 0.717) is 23.2 Å². The fraction of sp³-hybridized carbons (Fsp3) is 0.312. The molecule has 27 heavy (non-hydrogen) atoms. The second-order valence-electron chi connectivity index (χ2n) is 5.35. The molecule has 0 aliphatic heterocycles. The molecule has 2 aromatic heterocycles. The lowest BCUT2D eigenvalue weighted by Gasteiger charge is -2.05. The number of aromatic nitrogens is 5. The van der Waals surface area contributed by atoms with Gasteiger partial charge in [-0.2, -0.15) is 0 Å². The molecular weight excluding hydrogens is 388 g/mol. The smallest absolute Gasteiger partial charge is 0.277 e. The summed E-state index contributed by atoms with van der Waals surface area (Å²) in [5.41, 5.74) is 0.702. The highest BCUT2D eigenvalue weighted by molar-refractivity contribution is 7.99. The first-order chi connectivity index (χ1) is 13.1. The van der Waals surface area contributed by atoms with E-state index in [0.717, 1.165) is 16.7 Å². The number of rotatable bonds is 9. The molecule has 3 rings (SSSR count). The van der Waals surface area contributed by atoms with Gasteiger partial charge in [0, 0.05) is 24.9 Å². The fourth-order valence-corrected chi connectivity index (χ4v) is 3.42. The molecule has 3 aromatic rings. The van der Waals surface area contributed by atoms with E-state index in [4.69, 9.17) is 9.15 Å². The summed E-state index contributed by atoms with van der Waals surface area (Å²) < 4.78 is 12.5. The number of anilines is 1. The standard InChI is InChI=1S/C16H18N6O3S2/c1-22-10-17-20-15(22)26-8-7-14-19-21-16(25-14)27-9-13(23)18-11-3-5-12(24-2)6-4-11/h3-6,10H,7-9H2,1-2H3,(H,18,23). The molecule has 1 aromatic carbocycles. The minimum Gasteiger partial charge on any atom is -0.497 e. The van der Waals surface area contributed by atoms with Crippen LogP contribution in [-0.2, 0) is 18.3 Å². The van der Waals surface area contributed by atoms with Crippen LogP contribution in [0.15, 0.2) is 45.4 Å². The van der Waals surface area contributed by atoms with Gasteiger partial charge in [0.05, 0.1) is 12.9 Å². The van der Waals surface area contributed by atoms with Crippen molar-refractivity contribution in [1.29, 1.82) is 0 Å². The summed E-state index contributed by atoms with van der Waals surface area (Å²) in [6, 6.07) is 7.13. The van der Waals surface area contributed by atoms with Crippen molar-refractivity contribution in [2.24, 2.45) is 7.05 Å². The lowest BCUT2D eigenvalue weighted by molar-refractivity contribution is -0.113. The Bertz CT molecular complexity index is 880. The monoisotopic (exact) mass is 406 g/mol. The number of carbonyl (C=O) groups is 1. The fourth-order valence-electron chi connectivity index (χ4n) is 2.03. The Morgan fingerprint density at radius 3 is 2.74 bits per heavy atom. The van der Waals surface area contributed by atoms with Gasteiger partial charge in [-0.1, -0.05) is 23.5 Å². The first-order valence-corrected chi connectivity index (χ1v) is 9.97. The maximum atomic E-state index is 12.0. The Morgan fingerprint density at radius 2 is 2.04 bits per heavy atom. The van der Waals surface area contributed by atoms with Crippen LogP contribution < -0.4 is 10.1 Å². The summed E-state index contributed by atoms with van der Waals surface area (Å²) in [6.07, 6.45) is 2.27. The number of thioether (sulfide) groups is 2. The third kappa shape index (κ3) is 5.73. The SMILES string of the molecule is COc1ccc(NC(=O)CSc2nnc(CCSc3nncn3C)o2)cc1. The van der Waals surface area contributed by atoms with E-state index in [-0.39, 0.29) is 11.7 Å². The molecule has 2 heterocycles. The molecule has 1 N–H and O–H groups in total. The highest BCUT2D eigenvalue weighted by Crippen LogP contribution is 2.20. The van der Waals surface area contributed by atoms with Crippen LogP contribution in [0.4, 0.5) is 5.69 Å². The lowest BCUT2D eigenvalue weighted by atomic mass is 10.3. The average molecular weight is 406 g/mol. The maximum absolute atomic E-state index is 12.0. The second kappa shape index (κ2) is 9.42. The summed E-state index contributed by atoms with van der Waals surface area (Å²) in [7, 11) is 3.48. The molecule has 0 aliphatic rings. The molecule has 0 saturated heterocycles. The molecule has 9 nitrogen and oxygen atoms in total. The molecule has 0 spiro atoms. The zero-order valence-electron chi connectivity index (χ0n) is 14.8. The number of hydrogen-bond acceptors (Lipinski definition) is 9. The van der Waals surface area contributed by atoms with Gasteiger partial charge in [-0.15, -0.1) is 20.4 Å². The van der Waals surface area contributed by atoms with Crippen LogP contribution in [0.2, 0.25) is 0 Å². The zero-order chi connectivity index (χ0) is 19.1. The maximum Gasteiger partial charge on any atom is 0.277 e. The van der Waals surface area contributed by atoms with Gasteiger partial charge < -0.3 is 19.0 Å². The van der Waals surface area contributed by atoms with Gasteiger partial charge in [0.1, 0.15) is 12.1 Å². The Kier molecular flexibility index (Phi) is 6.71. The van der Waals surface area contributed by atoms with Crippen LogP contribution in [0.5, 0.6) is 5.75 Å². The summed E-state index contributed by atoms with van der Waals surface area (Å²) in [4.78, 5) is 12.0. The number of aryl methyl sites for hydroxylation is 2. The van der Waals surface area contributed by atoms with Crippen LogP contribution >= 0.6 is 23.5 Å². The predicted molar refractivity (Wildman–Crippen MR) is 102 cm³/mol. The molecule has 0 unspecified atom stereocenters. The van der Waals surface area contributed by atoms with E-state index < -0.39 is 0 Å². The van der Waals surface area contributed by atoms with Crippen molar-refractivity contribution in [3.05, 3.63) is 36.5 Å². The molecule has 0 aliphatic carbocycles. The minimum atomic E-state index is -0.150. The first-order valence-electron chi connectivity index (χ1n) is 8.00. The van der Waals surface area contributed by atoms with Crippen LogP contribution in [0.25, 0.3) is 0 Å². The van der Waals surface area contributed by atoms with Crippen molar-refractivity contribution in [2.75, 3.05) is 23.9 Å². The molecule has 0 atom stereocenters. The molecule has 142 valence electrons. The van der Waals surface area contributed by atoms with Crippen LogP contribution in [0, 0.1) is 0 Å². The van der Waals surface area contributed by atoms with Crippen molar-refractivity contribution < 1.29 is 13.9 Å². The highest BCUT2D eigenvalue weighted by Gasteiger charge is 2.11. The zero-order valence-corrected chi connectivity index (χ0v) is 16.4. The molecule has 11 heteroatoms. The predicted octanol–water partition coefficient (Wildman–Crippen LogP) is 2.27. The molecular formula is C16H18N6O3S2. The van der Waals surface area contributed by atoms with Crippen LogP contribution in [0.3, 0.4) is 0 Å². The van der Waals surface area contributed by atoms with Gasteiger partial charge >= 0.3 is 0 Å². The van der Waals surface area contributed by atoms with E-state index in [1.54, 1.807) is 49.5 Å². The summed E-state index contributed by atoms with van der Waals surface area (Å²) >= 11 is 2.76.